The molecule has 13 heteroatoms. The third-order valence-corrected chi connectivity index (χ3v) is 2.34. The average molecular weight is 348 g/mol. The fourth-order valence-electron chi connectivity index (χ4n) is 1.28. The molecule has 0 aliphatic heterocycles. The molecular formula is C11H12N2O11. The van der Waals surface area contributed by atoms with Crippen LogP contribution in [-0.4, -0.2) is 65.5 Å². The number of aliphatic hydroxyl groups excluding tert-OH is 1. The van der Waals surface area contributed by atoms with Gasteiger partial charge in [-0.1, -0.05) is 0 Å². The van der Waals surface area contributed by atoms with Crippen molar-refractivity contribution in [3.05, 3.63) is 32.6 Å². The average Bonchev–Trinajstić information content (AvgIpc) is 2.43. The van der Waals surface area contributed by atoms with Crippen LogP contribution >= 0.6 is 0 Å². The van der Waals surface area contributed by atoms with Gasteiger partial charge in [-0.15, -0.1) is 0 Å². The van der Waals surface area contributed by atoms with Gasteiger partial charge in [-0.25, -0.2) is 14.4 Å². The minimum Gasteiger partial charge on any atom is -0.481 e. The molecule has 0 aromatic carbocycles. The Labute approximate surface area is 130 Å². The highest BCUT2D eigenvalue weighted by Crippen LogP contribution is 2.09. The Morgan fingerprint density at radius 2 is 1.50 bits per heavy atom. The van der Waals surface area contributed by atoms with E-state index in [4.69, 9.17) is 25.5 Å². The first-order valence-corrected chi connectivity index (χ1v) is 5.88. The Hall–Kier alpha value is -3.48. The number of aromatic carboxylic acids is 1. The highest BCUT2D eigenvalue weighted by atomic mass is 16.4. The van der Waals surface area contributed by atoms with E-state index in [-0.39, 0.29) is 0 Å². The van der Waals surface area contributed by atoms with E-state index in [1.807, 2.05) is 9.97 Å². The number of carbonyl (C=O) groups is 4. The van der Waals surface area contributed by atoms with Crippen LogP contribution in [0, 0.1) is 5.92 Å². The molecule has 0 aliphatic rings. The predicted molar refractivity (Wildman–Crippen MR) is 71.7 cm³/mol. The lowest BCUT2D eigenvalue weighted by Gasteiger charge is -2.12. The van der Waals surface area contributed by atoms with Crippen LogP contribution in [0.1, 0.15) is 16.9 Å². The van der Waals surface area contributed by atoms with Crippen molar-refractivity contribution in [2.24, 2.45) is 5.92 Å². The molecule has 0 fully saturated rings. The first-order chi connectivity index (χ1) is 11.0. The molecule has 0 amide bonds. The molecule has 0 spiro atoms. The normalized spacial score (nSPS) is 12.2. The summed E-state index contributed by atoms with van der Waals surface area (Å²) in [5.41, 5.74) is -1.97. The van der Waals surface area contributed by atoms with Crippen LogP contribution in [0.3, 0.4) is 0 Å². The second-order valence-electron chi connectivity index (χ2n) is 4.13. The lowest BCUT2D eigenvalue weighted by Crippen LogP contribution is -2.36. The highest BCUT2D eigenvalue weighted by Gasteiger charge is 2.33. The maximum atomic E-state index is 10.5. The lowest BCUT2D eigenvalue weighted by atomic mass is 9.99. The third-order valence-electron chi connectivity index (χ3n) is 2.34. The van der Waals surface area contributed by atoms with Crippen LogP contribution in [0.5, 0.6) is 0 Å². The van der Waals surface area contributed by atoms with Gasteiger partial charge in [0.2, 0.25) is 0 Å². The molecule has 13 nitrogen and oxygen atoms in total. The smallest absolute Gasteiger partial charge is 0.352 e. The number of carboxylic acid groups (broad SMARTS) is 4. The number of aromatic nitrogens is 2. The van der Waals surface area contributed by atoms with E-state index in [1.54, 1.807) is 0 Å². The molecule has 1 rings (SSSR count). The number of hydrogen-bond donors (Lipinski definition) is 7. The summed E-state index contributed by atoms with van der Waals surface area (Å²) in [7, 11) is 0. The number of aliphatic carboxylic acids is 3. The van der Waals surface area contributed by atoms with Crippen molar-refractivity contribution in [3.8, 4) is 0 Å². The molecule has 1 aromatic rings. The minimum absolute atomic E-state index is 0.418. The number of H-pyrrole nitrogens is 2. The molecule has 24 heavy (non-hydrogen) atoms. The summed E-state index contributed by atoms with van der Waals surface area (Å²) >= 11 is 0. The van der Waals surface area contributed by atoms with E-state index in [1.165, 1.54) is 0 Å². The second kappa shape index (κ2) is 8.84. The maximum Gasteiger partial charge on any atom is 0.352 e. The summed E-state index contributed by atoms with van der Waals surface area (Å²) in [5, 5.41) is 41.8. The zero-order valence-corrected chi connectivity index (χ0v) is 11.6. The van der Waals surface area contributed by atoms with Gasteiger partial charge in [-0.3, -0.25) is 19.4 Å². The van der Waals surface area contributed by atoms with E-state index in [0.717, 1.165) is 6.07 Å². The number of hydrogen-bond acceptors (Lipinski definition) is 7. The molecule has 132 valence electrons. The third kappa shape index (κ3) is 6.99. The van der Waals surface area contributed by atoms with Crippen molar-refractivity contribution in [2.45, 2.75) is 12.5 Å². The van der Waals surface area contributed by atoms with Crippen molar-refractivity contribution in [2.75, 3.05) is 0 Å². The van der Waals surface area contributed by atoms with E-state index in [2.05, 4.69) is 0 Å². The van der Waals surface area contributed by atoms with Gasteiger partial charge in [0, 0.05) is 6.07 Å². The summed E-state index contributed by atoms with van der Waals surface area (Å²) in [6.07, 6.45) is -3.13. The summed E-state index contributed by atoms with van der Waals surface area (Å²) in [6, 6.07) is 0.795. The van der Waals surface area contributed by atoms with E-state index in [9.17, 15) is 28.8 Å². The molecule has 0 saturated carbocycles. The topological polar surface area (TPSA) is 235 Å². The Kier molecular flexibility index (Phi) is 7.56. The molecule has 1 aromatic heterocycles. The number of rotatable bonds is 6. The molecule has 0 saturated heterocycles. The zero-order chi connectivity index (χ0) is 19.0. The first kappa shape index (κ1) is 20.5. The fourth-order valence-corrected chi connectivity index (χ4v) is 1.28. The first-order valence-electron chi connectivity index (χ1n) is 5.88. The Balaban J connectivity index is 0.000000446. The standard InChI is InChI=1S/C6H8O7.C5H4N2O4/c7-3(8)1-2(5(10)11)4(9)6(12)13;8-3-1-2(4(9)10)6-5(11)7-3/h2,4,9H,1H2,(H,7,8)(H,10,11)(H,12,13);1H,(H,9,10)(H2,6,7,8,11). The van der Waals surface area contributed by atoms with Crippen LogP contribution in [0.4, 0.5) is 0 Å². The van der Waals surface area contributed by atoms with Crippen molar-refractivity contribution >= 4 is 23.9 Å². The van der Waals surface area contributed by atoms with E-state index in [0.29, 0.717) is 0 Å². The van der Waals surface area contributed by atoms with Crippen molar-refractivity contribution < 1.29 is 44.7 Å². The van der Waals surface area contributed by atoms with Gasteiger partial charge in [0.25, 0.3) is 5.56 Å². The maximum absolute atomic E-state index is 10.5. The molecule has 0 radical (unpaired) electrons. The van der Waals surface area contributed by atoms with Gasteiger partial charge in [0.1, 0.15) is 11.6 Å². The van der Waals surface area contributed by atoms with Crippen LogP contribution in [0.2, 0.25) is 0 Å². The van der Waals surface area contributed by atoms with Gasteiger partial charge in [0.05, 0.1) is 6.42 Å². The van der Waals surface area contributed by atoms with Crippen LogP contribution < -0.4 is 11.2 Å². The molecule has 2 atom stereocenters. The van der Waals surface area contributed by atoms with Gasteiger partial charge < -0.3 is 30.5 Å². The lowest BCUT2D eigenvalue weighted by molar-refractivity contribution is -0.162. The highest BCUT2D eigenvalue weighted by molar-refractivity contribution is 5.85. The molecular weight excluding hydrogens is 336 g/mol. The van der Waals surface area contributed by atoms with Gasteiger partial charge in [-0.05, 0) is 0 Å². The van der Waals surface area contributed by atoms with E-state index < -0.39 is 59.3 Å². The molecule has 0 aliphatic carbocycles. The van der Waals surface area contributed by atoms with Crippen LogP contribution in [0.25, 0.3) is 0 Å². The monoisotopic (exact) mass is 348 g/mol. The fraction of sp³-hybridized carbons (Fsp3) is 0.273. The summed E-state index contributed by atoms with van der Waals surface area (Å²) in [4.78, 5) is 65.4. The van der Waals surface area contributed by atoms with Crippen LogP contribution in [0.15, 0.2) is 15.7 Å². The van der Waals surface area contributed by atoms with Gasteiger partial charge >= 0.3 is 29.6 Å². The summed E-state index contributed by atoms with van der Waals surface area (Å²) in [6.45, 7) is 0. The van der Waals surface area contributed by atoms with Crippen molar-refractivity contribution in [1.82, 2.24) is 9.97 Å². The molecule has 0 bridgehead atoms. The van der Waals surface area contributed by atoms with Crippen molar-refractivity contribution in [1.29, 1.82) is 0 Å². The number of carboxylic acids is 4. The summed E-state index contributed by atoms with van der Waals surface area (Å²) < 4.78 is 0. The molecule has 2 unspecified atom stereocenters. The Morgan fingerprint density at radius 1 is 0.958 bits per heavy atom. The minimum atomic E-state index is -2.20. The van der Waals surface area contributed by atoms with Crippen LogP contribution in [-0.2, 0) is 14.4 Å². The summed E-state index contributed by atoms with van der Waals surface area (Å²) in [5.74, 6) is -8.05. The van der Waals surface area contributed by atoms with E-state index >= 15 is 0 Å². The SMILES string of the molecule is O=C(O)CC(C(=O)O)C(O)C(=O)O.O=C(O)c1cc(=O)[nH]c(=O)[nH]1. The predicted octanol–water partition coefficient (Wildman–Crippen LogP) is -2.63. The molecule has 1 heterocycles. The molecule has 7 N–H and O–H groups in total. The Bertz CT molecular complexity index is 719. The van der Waals surface area contributed by atoms with Gasteiger partial charge in [-0.2, -0.15) is 0 Å². The largest absolute Gasteiger partial charge is 0.481 e. The zero-order valence-electron chi connectivity index (χ0n) is 11.6. The van der Waals surface area contributed by atoms with Crippen molar-refractivity contribution in [3.63, 3.8) is 0 Å². The number of aromatic amines is 2. The Morgan fingerprint density at radius 3 is 1.83 bits per heavy atom. The second-order valence-corrected chi connectivity index (χ2v) is 4.13. The quantitative estimate of drug-likeness (QED) is 0.280. The number of nitrogens with one attached hydrogen (secondary N) is 2. The van der Waals surface area contributed by atoms with Gasteiger partial charge in [0.15, 0.2) is 6.10 Å². The number of aliphatic hydroxyl groups is 1.